The zero-order valence-electron chi connectivity index (χ0n) is 12.3. The molecule has 1 N–H and O–H groups in total. The molecular weight excluding hydrogens is 306 g/mol. The Hall–Kier alpha value is -2.40. The van der Waals surface area contributed by atoms with Gasteiger partial charge in [-0.05, 0) is 19.9 Å². The molecule has 0 bridgehead atoms. The Bertz CT molecular complexity index is 771. The summed E-state index contributed by atoms with van der Waals surface area (Å²) >= 11 is 6.19. The second kappa shape index (κ2) is 6.15. The molecule has 0 aliphatic heterocycles. The number of aromatic nitrogens is 1. The van der Waals surface area contributed by atoms with Crippen LogP contribution in [0, 0.1) is 13.8 Å². The molecule has 0 saturated carbocycles. The number of carboxylic acids is 1. The molecular formula is C16H14ClNO4. The van der Waals surface area contributed by atoms with Crippen molar-refractivity contribution in [3.8, 4) is 11.1 Å². The number of aromatic carboxylic acids is 1. The van der Waals surface area contributed by atoms with Gasteiger partial charge in [-0.15, -0.1) is 0 Å². The molecule has 0 saturated heterocycles. The van der Waals surface area contributed by atoms with Crippen molar-refractivity contribution in [2.24, 2.45) is 0 Å². The van der Waals surface area contributed by atoms with E-state index in [4.69, 9.17) is 16.3 Å². The van der Waals surface area contributed by atoms with Crippen molar-refractivity contribution in [3.05, 3.63) is 51.8 Å². The van der Waals surface area contributed by atoms with Crippen molar-refractivity contribution in [3.63, 3.8) is 0 Å². The number of nitrogens with zero attached hydrogens (tertiary/aromatic N) is 1. The zero-order chi connectivity index (χ0) is 16.4. The number of hydrogen-bond donors (Lipinski definition) is 1. The van der Waals surface area contributed by atoms with E-state index in [1.54, 1.807) is 38.1 Å². The molecule has 5 nitrogen and oxygen atoms in total. The van der Waals surface area contributed by atoms with Gasteiger partial charge in [0, 0.05) is 16.1 Å². The lowest BCUT2D eigenvalue weighted by Crippen LogP contribution is -2.15. The number of benzene rings is 1. The van der Waals surface area contributed by atoms with Crippen LogP contribution in [0.15, 0.2) is 24.3 Å². The van der Waals surface area contributed by atoms with E-state index in [1.165, 1.54) is 7.11 Å². The van der Waals surface area contributed by atoms with Gasteiger partial charge >= 0.3 is 11.9 Å². The molecule has 2 rings (SSSR count). The number of esters is 1. The third kappa shape index (κ3) is 2.67. The minimum atomic E-state index is -1.18. The van der Waals surface area contributed by atoms with Gasteiger partial charge in [0.15, 0.2) is 0 Å². The molecule has 0 radical (unpaired) electrons. The van der Waals surface area contributed by atoms with Crippen molar-refractivity contribution in [1.29, 1.82) is 0 Å². The van der Waals surface area contributed by atoms with Crippen LogP contribution in [0.1, 0.15) is 32.1 Å². The van der Waals surface area contributed by atoms with E-state index >= 15 is 0 Å². The Kier molecular flexibility index (Phi) is 4.47. The molecule has 1 aromatic carbocycles. The molecule has 0 amide bonds. The minimum Gasteiger partial charge on any atom is -0.478 e. The zero-order valence-corrected chi connectivity index (χ0v) is 13.1. The van der Waals surface area contributed by atoms with Crippen LogP contribution in [0.5, 0.6) is 0 Å². The minimum absolute atomic E-state index is 0.0564. The predicted octanol–water partition coefficient (Wildman–Crippen LogP) is 3.50. The normalized spacial score (nSPS) is 10.4. The summed E-state index contributed by atoms with van der Waals surface area (Å²) in [5, 5.41) is 9.88. The molecule has 6 heteroatoms. The Morgan fingerprint density at radius 2 is 1.73 bits per heavy atom. The summed E-state index contributed by atoms with van der Waals surface area (Å²) in [4.78, 5) is 27.9. The van der Waals surface area contributed by atoms with Crippen LogP contribution >= 0.6 is 11.6 Å². The molecule has 0 atom stereocenters. The van der Waals surface area contributed by atoms with Gasteiger partial charge in [-0.1, -0.05) is 29.8 Å². The standard InChI is InChI=1S/C16H14ClNO4/c1-8-12(15(19)20)14(10-6-4-5-7-11(10)17)13(9(2)18-8)16(21)22-3/h4-7H,1-3H3,(H,19,20). The smallest absolute Gasteiger partial charge is 0.340 e. The summed E-state index contributed by atoms with van der Waals surface area (Å²) in [6.45, 7) is 3.21. The number of ether oxygens (including phenoxy) is 1. The van der Waals surface area contributed by atoms with Gasteiger partial charge in [-0.2, -0.15) is 0 Å². The van der Waals surface area contributed by atoms with Crippen LogP contribution in [0.25, 0.3) is 11.1 Å². The largest absolute Gasteiger partial charge is 0.478 e. The summed E-state index contributed by atoms with van der Waals surface area (Å²) in [5.74, 6) is -1.83. The van der Waals surface area contributed by atoms with E-state index < -0.39 is 11.9 Å². The first-order chi connectivity index (χ1) is 10.4. The van der Waals surface area contributed by atoms with Gasteiger partial charge in [-0.25, -0.2) is 9.59 Å². The molecule has 0 aliphatic rings. The third-order valence-corrected chi connectivity index (χ3v) is 3.64. The molecule has 2 aromatic rings. The van der Waals surface area contributed by atoms with E-state index in [2.05, 4.69) is 4.98 Å². The van der Waals surface area contributed by atoms with E-state index in [-0.39, 0.29) is 16.7 Å². The van der Waals surface area contributed by atoms with Crippen LogP contribution in [0.4, 0.5) is 0 Å². The molecule has 0 spiro atoms. The van der Waals surface area contributed by atoms with E-state index in [1.807, 2.05) is 0 Å². The topological polar surface area (TPSA) is 76.5 Å². The van der Waals surface area contributed by atoms with Gasteiger partial charge in [0.2, 0.25) is 0 Å². The highest BCUT2D eigenvalue weighted by molar-refractivity contribution is 6.33. The van der Waals surface area contributed by atoms with E-state index in [0.29, 0.717) is 22.0 Å². The Morgan fingerprint density at radius 3 is 2.27 bits per heavy atom. The second-order valence-corrected chi connectivity index (χ2v) is 5.09. The lowest BCUT2D eigenvalue weighted by Gasteiger charge is -2.16. The number of hydrogen-bond acceptors (Lipinski definition) is 4. The highest BCUT2D eigenvalue weighted by atomic mass is 35.5. The van der Waals surface area contributed by atoms with Crippen LogP contribution in [-0.4, -0.2) is 29.1 Å². The Balaban J connectivity index is 2.98. The molecule has 1 aromatic heterocycles. The number of carbonyl (C=O) groups excluding carboxylic acids is 1. The molecule has 0 fully saturated rings. The van der Waals surface area contributed by atoms with Crippen LogP contribution in [-0.2, 0) is 4.74 Å². The number of methoxy groups -OCH3 is 1. The molecule has 114 valence electrons. The summed E-state index contributed by atoms with van der Waals surface area (Å²) in [6.07, 6.45) is 0. The van der Waals surface area contributed by atoms with Crippen molar-refractivity contribution < 1.29 is 19.4 Å². The highest BCUT2D eigenvalue weighted by Gasteiger charge is 2.27. The maximum Gasteiger partial charge on any atom is 0.340 e. The van der Waals surface area contributed by atoms with Gasteiger partial charge in [0.1, 0.15) is 0 Å². The lowest BCUT2D eigenvalue weighted by molar-refractivity contribution is 0.0600. The number of rotatable bonds is 3. The number of carbonyl (C=O) groups is 2. The number of aryl methyl sites for hydroxylation is 2. The van der Waals surface area contributed by atoms with E-state index in [9.17, 15) is 14.7 Å². The first kappa shape index (κ1) is 16.0. The van der Waals surface area contributed by atoms with Crippen molar-refractivity contribution in [2.45, 2.75) is 13.8 Å². The third-order valence-electron chi connectivity index (χ3n) is 3.31. The highest BCUT2D eigenvalue weighted by Crippen LogP contribution is 2.35. The van der Waals surface area contributed by atoms with E-state index in [0.717, 1.165) is 0 Å². The van der Waals surface area contributed by atoms with Crippen LogP contribution in [0.2, 0.25) is 5.02 Å². The SMILES string of the molecule is COC(=O)c1c(C)nc(C)c(C(=O)O)c1-c1ccccc1Cl. The van der Waals surface area contributed by atoms with Gasteiger partial charge in [0.05, 0.1) is 29.6 Å². The maximum atomic E-state index is 12.1. The molecule has 22 heavy (non-hydrogen) atoms. The number of pyridine rings is 1. The second-order valence-electron chi connectivity index (χ2n) is 4.68. The Labute approximate surface area is 132 Å². The molecule has 0 aliphatic carbocycles. The predicted molar refractivity (Wildman–Crippen MR) is 82.5 cm³/mol. The van der Waals surface area contributed by atoms with Gasteiger partial charge in [0.25, 0.3) is 0 Å². The average Bonchev–Trinajstić information content (AvgIpc) is 2.45. The lowest BCUT2D eigenvalue weighted by atomic mass is 9.92. The summed E-state index contributed by atoms with van der Waals surface area (Å²) in [5.41, 5.74) is 1.44. The first-order valence-electron chi connectivity index (χ1n) is 6.46. The quantitative estimate of drug-likeness (QED) is 0.876. The first-order valence-corrected chi connectivity index (χ1v) is 6.84. The van der Waals surface area contributed by atoms with Crippen LogP contribution < -0.4 is 0 Å². The fourth-order valence-electron chi connectivity index (χ4n) is 2.40. The molecule has 0 unspecified atom stereocenters. The van der Waals surface area contributed by atoms with Crippen molar-refractivity contribution in [1.82, 2.24) is 4.98 Å². The monoisotopic (exact) mass is 319 g/mol. The maximum absolute atomic E-state index is 12.1. The summed E-state index contributed by atoms with van der Waals surface area (Å²) in [7, 11) is 1.23. The summed E-state index contributed by atoms with van der Waals surface area (Å²) in [6, 6.07) is 6.74. The van der Waals surface area contributed by atoms with Crippen LogP contribution in [0.3, 0.4) is 0 Å². The average molecular weight is 320 g/mol. The van der Waals surface area contributed by atoms with Gasteiger partial charge in [-0.3, -0.25) is 4.98 Å². The number of halogens is 1. The summed E-state index contributed by atoms with van der Waals surface area (Å²) < 4.78 is 4.78. The van der Waals surface area contributed by atoms with Crippen molar-refractivity contribution >= 4 is 23.5 Å². The fraction of sp³-hybridized carbons (Fsp3) is 0.188. The Morgan fingerprint density at radius 1 is 1.14 bits per heavy atom. The number of carboxylic acid groups (broad SMARTS) is 1. The fourth-order valence-corrected chi connectivity index (χ4v) is 2.63. The van der Waals surface area contributed by atoms with Gasteiger partial charge < -0.3 is 9.84 Å². The molecule has 1 heterocycles. The van der Waals surface area contributed by atoms with Crippen molar-refractivity contribution in [2.75, 3.05) is 7.11 Å².